The SMILES string of the molecule is C=C(C)C(=O)OCCOC(=O)c1cccc2c(O)c(O)ccc12. The minimum atomic E-state index is -0.618. The number of hydrogen-bond acceptors (Lipinski definition) is 6. The van der Waals surface area contributed by atoms with E-state index in [1.165, 1.54) is 19.1 Å². The van der Waals surface area contributed by atoms with Crippen molar-refractivity contribution < 1.29 is 29.3 Å². The van der Waals surface area contributed by atoms with Crippen LogP contribution in [0, 0.1) is 0 Å². The fraction of sp³-hybridized carbons (Fsp3) is 0.176. The van der Waals surface area contributed by atoms with Crippen LogP contribution in [0.1, 0.15) is 17.3 Å². The molecule has 0 unspecified atom stereocenters. The van der Waals surface area contributed by atoms with Crippen molar-refractivity contribution in [2.24, 2.45) is 0 Å². The van der Waals surface area contributed by atoms with Crippen molar-refractivity contribution in [3.63, 3.8) is 0 Å². The van der Waals surface area contributed by atoms with Crippen molar-refractivity contribution in [3.8, 4) is 11.5 Å². The van der Waals surface area contributed by atoms with Gasteiger partial charge in [-0.1, -0.05) is 18.7 Å². The molecule has 6 nitrogen and oxygen atoms in total. The lowest BCUT2D eigenvalue weighted by atomic mass is 10.0. The highest BCUT2D eigenvalue weighted by Crippen LogP contribution is 2.34. The number of hydrogen-bond donors (Lipinski definition) is 2. The standard InChI is InChI=1S/C17H16O6/c1-10(2)16(20)22-8-9-23-17(21)13-5-3-4-12-11(13)6-7-14(18)15(12)19/h3-7,18-19H,1,8-9H2,2H3. The predicted molar refractivity (Wildman–Crippen MR) is 83.3 cm³/mol. The van der Waals surface area contributed by atoms with Gasteiger partial charge in [-0.05, 0) is 25.1 Å². The molecule has 0 saturated heterocycles. The van der Waals surface area contributed by atoms with Gasteiger partial charge in [0.05, 0.1) is 5.56 Å². The molecule has 2 N–H and O–H groups in total. The average molecular weight is 316 g/mol. The van der Waals surface area contributed by atoms with Gasteiger partial charge in [-0.3, -0.25) is 0 Å². The summed E-state index contributed by atoms with van der Waals surface area (Å²) in [6.07, 6.45) is 0. The Morgan fingerprint density at radius 1 is 1.04 bits per heavy atom. The Morgan fingerprint density at radius 3 is 2.43 bits per heavy atom. The van der Waals surface area contributed by atoms with Gasteiger partial charge in [0.15, 0.2) is 11.5 Å². The molecule has 0 amide bonds. The Bertz CT molecular complexity index is 778. The smallest absolute Gasteiger partial charge is 0.338 e. The summed E-state index contributed by atoms with van der Waals surface area (Å²) in [5, 5.41) is 20.1. The van der Waals surface area contributed by atoms with Crippen LogP contribution in [0.15, 0.2) is 42.5 Å². The molecule has 0 bridgehead atoms. The van der Waals surface area contributed by atoms with E-state index in [1.54, 1.807) is 18.2 Å². The second-order valence-corrected chi connectivity index (χ2v) is 4.89. The van der Waals surface area contributed by atoms with E-state index in [9.17, 15) is 19.8 Å². The van der Waals surface area contributed by atoms with E-state index in [1.807, 2.05) is 0 Å². The van der Waals surface area contributed by atoms with Gasteiger partial charge >= 0.3 is 11.9 Å². The second kappa shape index (κ2) is 6.83. The monoisotopic (exact) mass is 316 g/mol. The van der Waals surface area contributed by atoms with Gasteiger partial charge < -0.3 is 19.7 Å². The molecule has 0 atom stereocenters. The van der Waals surface area contributed by atoms with Crippen LogP contribution in [-0.2, 0) is 14.3 Å². The van der Waals surface area contributed by atoms with Gasteiger partial charge in [-0.25, -0.2) is 9.59 Å². The zero-order valence-electron chi connectivity index (χ0n) is 12.5. The zero-order chi connectivity index (χ0) is 17.0. The van der Waals surface area contributed by atoms with Crippen LogP contribution in [0.4, 0.5) is 0 Å². The molecule has 0 spiro atoms. The predicted octanol–water partition coefficient (Wildman–Crippen LogP) is 2.53. The lowest BCUT2D eigenvalue weighted by Crippen LogP contribution is -2.14. The highest BCUT2D eigenvalue weighted by atomic mass is 16.6. The summed E-state index contributed by atoms with van der Waals surface area (Å²) in [6, 6.07) is 7.50. The van der Waals surface area contributed by atoms with Crippen molar-refractivity contribution in [1.29, 1.82) is 0 Å². The molecule has 0 aliphatic heterocycles. The number of carbonyl (C=O) groups excluding carboxylic acids is 2. The Hall–Kier alpha value is -3.02. The lowest BCUT2D eigenvalue weighted by molar-refractivity contribution is -0.140. The minimum Gasteiger partial charge on any atom is -0.504 e. The van der Waals surface area contributed by atoms with Gasteiger partial charge in [-0.2, -0.15) is 0 Å². The van der Waals surface area contributed by atoms with Gasteiger partial charge in [-0.15, -0.1) is 0 Å². The lowest BCUT2D eigenvalue weighted by Gasteiger charge is -2.09. The van der Waals surface area contributed by atoms with Crippen LogP contribution in [-0.4, -0.2) is 35.4 Å². The van der Waals surface area contributed by atoms with Crippen molar-refractivity contribution in [1.82, 2.24) is 0 Å². The molecule has 0 radical (unpaired) electrons. The maximum atomic E-state index is 12.1. The summed E-state index contributed by atoms with van der Waals surface area (Å²) in [4.78, 5) is 23.3. The van der Waals surface area contributed by atoms with E-state index in [0.717, 1.165) is 0 Å². The number of aromatic hydroxyl groups is 2. The molecule has 2 rings (SSSR count). The molecule has 0 saturated carbocycles. The van der Waals surface area contributed by atoms with Crippen molar-refractivity contribution >= 4 is 22.7 Å². The molecule has 0 heterocycles. The normalized spacial score (nSPS) is 10.3. The zero-order valence-corrected chi connectivity index (χ0v) is 12.5. The van der Waals surface area contributed by atoms with Crippen molar-refractivity contribution in [2.75, 3.05) is 13.2 Å². The summed E-state index contributed by atoms with van der Waals surface area (Å²) in [5.41, 5.74) is 0.504. The number of esters is 2. The highest BCUT2D eigenvalue weighted by molar-refractivity contribution is 6.06. The summed E-state index contributed by atoms with van der Waals surface area (Å²) >= 11 is 0. The molecule has 0 fully saturated rings. The Balaban J connectivity index is 2.08. The molecule has 6 heteroatoms. The molecule has 0 aromatic heterocycles. The van der Waals surface area contributed by atoms with Gasteiger partial charge in [0, 0.05) is 16.3 Å². The van der Waals surface area contributed by atoms with Gasteiger partial charge in [0.2, 0.25) is 0 Å². The fourth-order valence-electron chi connectivity index (χ4n) is 1.98. The van der Waals surface area contributed by atoms with Crippen molar-refractivity contribution in [2.45, 2.75) is 6.92 Å². The second-order valence-electron chi connectivity index (χ2n) is 4.89. The van der Waals surface area contributed by atoms with Gasteiger partial charge in [0.25, 0.3) is 0 Å². The number of phenolic OH excluding ortho intramolecular Hbond substituents is 2. The first kappa shape index (κ1) is 16.4. The van der Waals surface area contributed by atoms with Crippen LogP contribution in [0.5, 0.6) is 11.5 Å². The first-order valence-electron chi connectivity index (χ1n) is 6.85. The van der Waals surface area contributed by atoms with Crippen LogP contribution < -0.4 is 0 Å². The van der Waals surface area contributed by atoms with E-state index < -0.39 is 11.9 Å². The Morgan fingerprint density at radius 2 is 1.74 bits per heavy atom. The third-order valence-electron chi connectivity index (χ3n) is 3.13. The molecule has 2 aromatic carbocycles. The molecule has 23 heavy (non-hydrogen) atoms. The molecular weight excluding hydrogens is 300 g/mol. The summed E-state index contributed by atoms with van der Waals surface area (Å²) in [5.74, 6) is -1.74. The average Bonchev–Trinajstić information content (AvgIpc) is 2.54. The van der Waals surface area contributed by atoms with E-state index in [2.05, 4.69) is 6.58 Å². The number of carbonyl (C=O) groups is 2. The summed E-state index contributed by atoms with van der Waals surface area (Å²) in [6.45, 7) is 4.79. The van der Waals surface area contributed by atoms with Crippen LogP contribution in [0.3, 0.4) is 0 Å². The van der Waals surface area contributed by atoms with Gasteiger partial charge in [0.1, 0.15) is 13.2 Å². The van der Waals surface area contributed by atoms with E-state index in [-0.39, 0.29) is 35.8 Å². The summed E-state index contributed by atoms with van der Waals surface area (Å²) in [7, 11) is 0. The Kier molecular flexibility index (Phi) is 4.85. The Labute approximate surface area is 132 Å². The largest absolute Gasteiger partial charge is 0.504 e. The molecule has 120 valence electrons. The van der Waals surface area contributed by atoms with E-state index >= 15 is 0 Å². The number of fused-ring (bicyclic) bond motifs is 1. The first-order valence-corrected chi connectivity index (χ1v) is 6.85. The first-order chi connectivity index (χ1) is 10.9. The topological polar surface area (TPSA) is 93.1 Å². The summed E-state index contributed by atoms with van der Waals surface area (Å²) < 4.78 is 9.87. The number of ether oxygens (including phenoxy) is 2. The quantitative estimate of drug-likeness (QED) is 0.381. The highest BCUT2D eigenvalue weighted by Gasteiger charge is 2.15. The van der Waals surface area contributed by atoms with Crippen molar-refractivity contribution in [3.05, 3.63) is 48.0 Å². The molecule has 0 aliphatic rings. The fourth-order valence-corrected chi connectivity index (χ4v) is 1.98. The number of phenols is 2. The molecular formula is C17H16O6. The number of benzene rings is 2. The third-order valence-corrected chi connectivity index (χ3v) is 3.13. The minimum absolute atomic E-state index is 0.0752. The number of rotatable bonds is 5. The molecule has 2 aromatic rings. The maximum Gasteiger partial charge on any atom is 0.338 e. The van der Waals surface area contributed by atoms with E-state index in [0.29, 0.717) is 10.8 Å². The maximum absolute atomic E-state index is 12.1. The molecule has 0 aliphatic carbocycles. The van der Waals surface area contributed by atoms with Crippen LogP contribution in [0.2, 0.25) is 0 Å². The van der Waals surface area contributed by atoms with Crippen LogP contribution in [0.25, 0.3) is 10.8 Å². The van der Waals surface area contributed by atoms with E-state index in [4.69, 9.17) is 9.47 Å². The van der Waals surface area contributed by atoms with Crippen LogP contribution >= 0.6 is 0 Å². The third kappa shape index (κ3) is 3.60.